The maximum Gasteiger partial charge on any atom is 0.0746 e. The second kappa shape index (κ2) is 8.08. The Kier molecular flexibility index (Phi) is 8.04. The van der Waals surface area contributed by atoms with Gasteiger partial charge in [-0.3, -0.25) is 0 Å². The predicted octanol–water partition coefficient (Wildman–Crippen LogP) is 3.34. The Morgan fingerprint density at radius 1 is 1.19 bits per heavy atom. The van der Waals surface area contributed by atoms with Crippen molar-refractivity contribution < 1.29 is 5.11 Å². The molecule has 0 aromatic rings. The molecule has 0 saturated carbocycles. The van der Waals surface area contributed by atoms with Gasteiger partial charge < -0.3 is 10.4 Å². The summed E-state index contributed by atoms with van der Waals surface area (Å²) < 4.78 is 0. The van der Waals surface area contributed by atoms with Gasteiger partial charge in [0.1, 0.15) is 0 Å². The van der Waals surface area contributed by atoms with E-state index in [-0.39, 0.29) is 0 Å². The molecule has 0 heterocycles. The van der Waals surface area contributed by atoms with Crippen LogP contribution in [0, 0.1) is 5.92 Å². The van der Waals surface area contributed by atoms with E-state index in [1.807, 2.05) is 6.92 Å². The van der Waals surface area contributed by atoms with Crippen molar-refractivity contribution >= 4 is 0 Å². The molecule has 2 unspecified atom stereocenters. The SMILES string of the molecule is CCCCCC(C)NCC(C)(O)CC(C)C. The van der Waals surface area contributed by atoms with Crippen LogP contribution in [0.15, 0.2) is 0 Å². The summed E-state index contributed by atoms with van der Waals surface area (Å²) in [6.07, 6.45) is 5.95. The van der Waals surface area contributed by atoms with Gasteiger partial charge in [-0.1, -0.05) is 40.0 Å². The van der Waals surface area contributed by atoms with E-state index in [2.05, 4.69) is 33.0 Å². The first-order chi connectivity index (χ1) is 7.37. The number of nitrogens with one attached hydrogen (secondary N) is 1. The van der Waals surface area contributed by atoms with Crippen LogP contribution in [0.25, 0.3) is 0 Å². The summed E-state index contributed by atoms with van der Waals surface area (Å²) in [6.45, 7) is 11.4. The van der Waals surface area contributed by atoms with Gasteiger partial charge in [0.15, 0.2) is 0 Å². The predicted molar refractivity (Wildman–Crippen MR) is 71.7 cm³/mol. The normalized spacial score (nSPS) is 17.4. The van der Waals surface area contributed by atoms with Crippen LogP contribution in [-0.4, -0.2) is 23.3 Å². The van der Waals surface area contributed by atoms with Gasteiger partial charge in [0.2, 0.25) is 0 Å². The summed E-state index contributed by atoms with van der Waals surface area (Å²) in [4.78, 5) is 0. The van der Waals surface area contributed by atoms with Crippen molar-refractivity contribution in [2.24, 2.45) is 5.92 Å². The van der Waals surface area contributed by atoms with Gasteiger partial charge in [-0.25, -0.2) is 0 Å². The number of rotatable bonds is 9. The van der Waals surface area contributed by atoms with E-state index in [4.69, 9.17) is 0 Å². The maximum atomic E-state index is 10.1. The molecule has 0 aliphatic carbocycles. The lowest BCUT2D eigenvalue weighted by atomic mass is 9.94. The van der Waals surface area contributed by atoms with Crippen LogP contribution in [0.5, 0.6) is 0 Å². The molecule has 0 radical (unpaired) electrons. The first kappa shape index (κ1) is 15.9. The third-order valence-electron chi connectivity index (χ3n) is 2.92. The lowest BCUT2D eigenvalue weighted by Gasteiger charge is -2.27. The zero-order valence-electron chi connectivity index (χ0n) is 11.8. The zero-order valence-corrected chi connectivity index (χ0v) is 11.8. The van der Waals surface area contributed by atoms with E-state index in [1.165, 1.54) is 25.7 Å². The van der Waals surface area contributed by atoms with Crippen molar-refractivity contribution in [2.45, 2.75) is 78.4 Å². The minimum Gasteiger partial charge on any atom is -0.389 e. The standard InChI is InChI=1S/C14H31NO/c1-6-7-8-9-13(4)15-11-14(5,16)10-12(2)3/h12-13,15-16H,6-11H2,1-5H3. The van der Waals surface area contributed by atoms with Gasteiger partial charge in [0.25, 0.3) is 0 Å². The first-order valence-electron chi connectivity index (χ1n) is 6.83. The Morgan fingerprint density at radius 2 is 1.81 bits per heavy atom. The number of aliphatic hydroxyl groups is 1. The fraction of sp³-hybridized carbons (Fsp3) is 1.00. The van der Waals surface area contributed by atoms with Crippen LogP contribution in [-0.2, 0) is 0 Å². The van der Waals surface area contributed by atoms with Crippen LogP contribution < -0.4 is 5.32 Å². The summed E-state index contributed by atoms with van der Waals surface area (Å²) in [6, 6.07) is 0.519. The summed E-state index contributed by atoms with van der Waals surface area (Å²) in [5.74, 6) is 0.548. The average Bonchev–Trinajstić information content (AvgIpc) is 2.13. The van der Waals surface area contributed by atoms with Gasteiger partial charge >= 0.3 is 0 Å². The number of unbranched alkanes of at least 4 members (excludes halogenated alkanes) is 2. The molecule has 2 heteroatoms. The Labute approximate surface area is 102 Å². The smallest absolute Gasteiger partial charge is 0.0746 e. The molecule has 0 saturated heterocycles. The lowest BCUT2D eigenvalue weighted by molar-refractivity contribution is 0.0361. The minimum absolute atomic E-state index is 0.519. The average molecular weight is 229 g/mol. The molecule has 0 rings (SSSR count). The van der Waals surface area contributed by atoms with Gasteiger partial charge in [0.05, 0.1) is 5.60 Å². The topological polar surface area (TPSA) is 32.3 Å². The van der Waals surface area contributed by atoms with E-state index in [0.29, 0.717) is 18.5 Å². The highest BCUT2D eigenvalue weighted by Crippen LogP contribution is 2.15. The molecule has 16 heavy (non-hydrogen) atoms. The van der Waals surface area contributed by atoms with Gasteiger partial charge in [-0.05, 0) is 32.6 Å². The van der Waals surface area contributed by atoms with E-state index in [0.717, 1.165) is 6.42 Å². The van der Waals surface area contributed by atoms with Crippen molar-refractivity contribution in [3.63, 3.8) is 0 Å². The molecule has 0 fully saturated rings. The molecule has 0 aromatic heterocycles. The number of hydrogen-bond acceptors (Lipinski definition) is 2. The molecular weight excluding hydrogens is 198 g/mol. The van der Waals surface area contributed by atoms with Gasteiger partial charge in [-0.15, -0.1) is 0 Å². The molecule has 0 aliphatic heterocycles. The highest BCUT2D eigenvalue weighted by Gasteiger charge is 2.21. The zero-order chi connectivity index (χ0) is 12.6. The Balaban J connectivity index is 3.68. The van der Waals surface area contributed by atoms with Crippen molar-refractivity contribution in [3.05, 3.63) is 0 Å². The largest absolute Gasteiger partial charge is 0.389 e. The van der Waals surface area contributed by atoms with Crippen LogP contribution in [0.2, 0.25) is 0 Å². The molecule has 2 nitrogen and oxygen atoms in total. The van der Waals surface area contributed by atoms with Crippen molar-refractivity contribution in [2.75, 3.05) is 6.54 Å². The molecule has 0 spiro atoms. The second-order valence-electron chi connectivity index (χ2n) is 5.87. The van der Waals surface area contributed by atoms with Crippen LogP contribution in [0.1, 0.15) is 66.7 Å². The van der Waals surface area contributed by atoms with Crippen LogP contribution >= 0.6 is 0 Å². The van der Waals surface area contributed by atoms with Gasteiger partial charge in [-0.2, -0.15) is 0 Å². The van der Waals surface area contributed by atoms with E-state index in [1.54, 1.807) is 0 Å². The third-order valence-corrected chi connectivity index (χ3v) is 2.92. The van der Waals surface area contributed by atoms with Crippen LogP contribution in [0.3, 0.4) is 0 Å². The molecule has 0 amide bonds. The van der Waals surface area contributed by atoms with E-state index >= 15 is 0 Å². The molecule has 2 atom stereocenters. The Bertz CT molecular complexity index is 166. The van der Waals surface area contributed by atoms with Crippen molar-refractivity contribution in [3.8, 4) is 0 Å². The second-order valence-corrected chi connectivity index (χ2v) is 5.87. The van der Waals surface area contributed by atoms with Crippen LogP contribution in [0.4, 0.5) is 0 Å². The summed E-state index contributed by atoms with van der Waals surface area (Å²) in [7, 11) is 0. The molecule has 2 N–H and O–H groups in total. The molecule has 0 bridgehead atoms. The molecule has 0 aromatic carbocycles. The molecule has 98 valence electrons. The molecule has 0 aliphatic rings. The highest BCUT2D eigenvalue weighted by atomic mass is 16.3. The third kappa shape index (κ3) is 9.17. The first-order valence-corrected chi connectivity index (χ1v) is 6.83. The quantitative estimate of drug-likeness (QED) is 0.594. The van der Waals surface area contributed by atoms with E-state index in [9.17, 15) is 5.11 Å². The maximum absolute atomic E-state index is 10.1. The Hall–Kier alpha value is -0.0800. The van der Waals surface area contributed by atoms with Crippen molar-refractivity contribution in [1.29, 1.82) is 0 Å². The number of hydrogen-bond donors (Lipinski definition) is 2. The fourth-order valence-electron chi connectivity index (χ4n) is 2.15. The van der Waals surface area contributed by atoms with Gasteiger partial charge in [0, 0.05) is 12.6 Å². The monoisotopic (exact) mass is 229 g/mol. The van der Waals surface area contributed by atoms with E-state index < -0.39 is 5.60 Å². The Morgan fingerprint density at radius 3 is 2.31 bits per heavy atom. The minimum atomic E-state index is -0.562. The lowest BCUT2D eigenvalue weighted by Crippen LogP contribution is -2.42. The summed E-state index contributed by atoms with van der Waals surface area (Å²) >= 11 is 0. The molecular formula is C14H31NO. The summed E-state index contributed by atoms with van der Waals surface area (Å²) in [5.41, 5.74) is -0.562. The van der Waals surface area contributed by atoms with Crippen molar-refractivity contribution in [1.82, 2.24) is 5.32 Å². The fourth-order valence-corrected chi connectivity index (χ4v) is 2.15. The highest BCUT2D eigenvalue weighted by molar-refractivity contribution is 4.78. The summed E-state index contributed by atoms with van der Waals surface area (Å²) in [5, 5.41) is 13.6.